The molecule has 2 aromatic rings. The van der Waals surface area contributed by atoms with Crippen molar-refractivity contribution in [2.24, 2.45) is 0 Å². The van der Waals surface area contributed by atoms with Crippen molar-refractivity contribution in [2.75, 3.05) is 0 Å². The maximum Gasteiger partial charge on any atom is 0.0300 e. The van der Waals surface area contributed by atoms with Crippen LogP contribution in [0.3, 0.4) is 0 Å². The number of hydrogen-bond donors (Lipinski definition) is 1. The van der Waals surface area contributed by atoms with Gasteiger partial charge in [-0.3, -0.25) is 0 Å². The van der Waals surface area contributed by atoms with Crippen molar-refractivity contribution in [3.63, 3.8) is 0 Å². The van der Waals surface area contributed by atoms with E-state index in [9.17, 15) is 0 Å². The van der Waals surface area contributed by atoms with Crippen LogP contribution in [-0.4, -0.2) is 0 Å². The van der Waals surface area contributed by atoms with Gasteiger partial charge in [0.15, 0.2) is 0 Å². The first kappa shape index (κ1) is 14.3. The fourth-order valence-electron chi connectivity index (χ4n) is 2.39. The maximum atomic E-state index is 3.66. The van der Waals surface area contributed by atoms with Gasteiger partial charge in [0.25, 0.3) is 0 Å². The van der Waals surface area contributed by atoms with E-state index in [1.54, 1.807) is 0 Å². The van der Waals surface area contributed by atoms with Crippen LogP contribution in [0.2, 0.25) is 0 Å². The average molecular weight is 318 g/mol. The zero-order valence-electron chi connectivity index (χ0n) is 11.7. The van der Waals surface area contributed by atoms with E-state index in [-0.39, 0.29) is 0 Å². The van der Waals surface area contributed by atoms with Gasteiger partial charge in [-0.25, -0.2) is 0 Å². The van der Waals surface area contributed by atoms with Crippen LogP contribution in [0.1, 0.15) is 42.6 Å². The molecule has 0 aromatic heterocycles. The molecule has 2 atom stereocenters. The summed E-state index contributed by atoms with van der Waals surface area (Å²) in [6.07, 6.45) is 0. The van der Waals surface area contributed by atoms with E-state index in [4.69, 9.17) is 0 Å². The minimum atomic E-state index is 0.336. The lowest BCUT2D eigenvalue weighted by Gasteiger charge is -2.22. The Kier molecular flexibility index (Phi) is 4.78. The SMILES string of the molecule is Cc1ccccc1C(C)N[C@H](C)c1ccc(Br)cc1. The highest BCUT2D eigenvalue weighted by atomic mass is 79.9. The normalized spacial score (nSPS) is 14.1. The van der Waals surface area contributed by atoms with Crippen LogP contribution in [0, 0.1) is 6.92 Å². The summed E-state index contributed by atoms with van der Waals surface area (Å²) >= 11 is 3.47. The number of halogens is 1. The van der Waals surface area contributed by atoms with Crippen molar-refractivity contribution in [2.45, 2.75) is 32.9 Å². The molecule has 0 aliphatic rings. The van der Waals surface area contributed by atoms with Crippen LogP contribution in [0.25, 0.3) is 0 Å². The van der Waals surface area contributed by atoms with Crippen molar-refractivity contribution in [1.29, 1.82) is 0 Å². The lowest BCUT2D eigenvalue weighted by Crippen LogP contribution is -2.23. The van der Waals surface area contributed by atoms with E-state index >= 15 is 0 Å². The average Bonchev–Trinajstić information content (AvgIpc) is 2.39. The summed E-state index contributed by atoms with van der Waals surface area (Å²) in [5.41, 5.74) is 4.01. The summed E-state index contributed by atoms with van der Waals surface area (Å²) in [6, 6.07) is 17.7. The van der Waals surface area contributed by atoms with E-state index in [0.29, 0.717) is 12.1 Å². The van der Waals surface area contributed by atoms with Crippen LogP contribution in [-0.2, 0) is 0 Å². The van der Waals surface area contributed by atoms with Gasteiger partial charge in [0, 0.05) is 16.6 Å². The van der Waals surface area contributed by atoms with Crippen molar-refractivity contribution in [3.05, 3.63) is 69.7 Å². The number of rotatable bonds is 4. The molecule has 1 unspecified atom stereocenters. The van der Waals surface area contributed by atoms with Gasteiger partial charge in [0.2, 0.25) is 0 Å². The van der Waals surface area contributed by atoms with Crippen LogP contribution in [0.15, 0.2) is 53.0 Å². The Hall–Kier alpha value is -1.12. The first-order chi connectivity index (χ1) is 9.08. The molecule has 2 heteroatoms. The molecule has 0 saturated carbocycles. The fourth-order valence-corrected chi connectivity index (χ4v) is 2.65. The molecule has 19 heavy (non-hydrogen) atoms. The smallest absolute Gasteiger partial charge is 0.0300 e. The van der Waals surface area contributed by atoms with Crippen molar-refractivity contribution in [3.8, 4) is 0 Å². The largest absolute Gasteiger partial charge is 0.304 e. The van der Waals surface area contributed by atoms with Gasteiger partial charge < -0.3 is 5.32 Å². The van der Waals surface area contributed by atoms with Gasteiger partial charge in [-0.1, -0.05) is 52.3 Å². The van der Waals surface area contributed by atoms with Crippen LogP contribution in [0.5, 0.6) is 0 Å². The molecule has 0 bridgehead atoms. The Morgan fingerprint density at radius 2 is 1.53 bits per heavy atom. The first-order valence-corrected chi connectivity index (χ1v) is 7.44. The summed E-state index contributed by atoms with van der Waals surface area (Å²) in [6.45, 7) is 6.59. The maximum absolute atomic E-state index is 3.66. The molecule has 0 aliphatic carbocycles. The van der Waals surface area contributed by atoms with Gasteiger partial charge in [0.05, 0.1) is 0 Å². The van der Waals surface area contributed by atoms with Crippen LogP contribution >= 0.6 is 15.9 Å². The van der Waals surface area contributed by atoms with Gasteiger partial charge in [-0.15, -0.1) is 0 Å². The van der Waals surface area contributed by atoms with Crippen molar-refractivity contribution >= 4 is 15.9 Å². The van der Waals surface area contributed by atoms with Crippen molar-refractivity contribution in [1.82, 2.24) is 5.32 Å². The second-order valence-corrected chi connectivity index (χ2v) is 5.93. The topological polar surface area (TPSA) is 12.0 Å². The third-order valence-corrected chi connectivity index (χ3v) is 4.05. The lowest BCUT2D eigenvalue weighted by atomic mass is 10.0. The monoisotopic (exact) mass is 317 g/mol. The first-order valence-electron chi connectivity index (χ1n) is 6.65. The zero-order chi connectivity index (χ0) is 13.8. The molecule has 0 heterocycles. The molecular weight excluding hydrogens is 298 g/mol. The van der Waals surface area contributed by atoms with E-state index in [1.165, 1.54) is 16.7 Å². The fraction of sp³-hybridized carbons (Fsp3) is 0.294. The van der Waals surface area contributed by atoms with Gasteiger partial charge >= 0.3 is 0 Å². The third-order valence-electron chi connectivity index (χ3n) is 3.52. The second-order valence-electron chi connectivity index (χ2n) is 5.02. The Bertz CT molecular complexity index is 533. The Labute approximate surface area is 124 Å². The minimum absolute atomic E-state index is 0.336. The number of benzene rings is 2. The van der Waals surface area contributed by atoms with E-state index in [2.05, 4.69) is 90.5 Å². The molecule has 1 N–H and O–H groups in total. The number of hydrogen-bond acceptors (Lipinski definition) is 1. The number of nitrogens with one attached hydrogen (secondary N) is 1. The number of aryl methyl sites for hydroxylation is 1. The molecule has 0 aliphatic heterocycles. The Morgan fingerprint density at radius 3 is 2.16 bits per heavy atom. The van der Waals surface area contributed by atoms with E-state index in [0.717, 1.165) is 4.47 Å². The van der Waals surface area contributed by atoms with Crippen molar-refractivity contribution < 1.29 is 0 Å². The molecule has 0 spiro atoms. The highest BCUT2D eigenvalue weighted by Gasteiger charge is 2.12. The lowest BCUT2D eigenvalue weighted by molar-refractivity contribution is 0.493. The van der Waals surface area contributed by atoms with Gasteiger partial charge in [-0.05, 0) is 49.6 Å². The highest BCUT2D eigenvalue weighted by molar-refractivity contribution is 9.10. The summed E-state index contributed by atoms with van der Waals surface area (Å²) < 4.78 is 1.12. The molecule has 0 fully saturated rings. The molecule has 2 aromatic carbocycles. The molecule has 100 valence electrons. The standard InChI is InChI=1S/C17H20BrN/c1-12-6-4-5-7-17(12)14(3)19-13(2)15-8-10-16(18)11-9-15/h4-11,13-14,19H,1-3H3/t13-,14?/m1/s1. The molecule has 2 rings (SSSR count). The summed E-state index contributed by atoms with van der Waals surface area (Å²) in [7, 11) is 0. The summed E-state index contributed by atoms with van der Waals surface area (Å²) in [5.74, 6) is 0. The molecule has 0 radical (unpaired) electrons. The minimum Gasteiger partial charge on any atom is -0.304 e. The van der Waals surface area contributed by atoms with E-state index in [1.807, 2.05) is 0 Å². The van der Waals surface area contributed by atoms with Gasteiger partial charge in [0.1, 0.15) is 0 Å². The highest BCUT2D eigenvalue weighted by Crippen LogP contribution is 2.22. The van der Waals surface area contributed by atoms with E-state index < -0.39 is 0 Å². The van der Waals surface area contributed by atoms with Crippen LogP contribution < -0.4 is 5.32 Å². The zero-order valence-corrected chi connectivity index (χ0v) is 13.2. The Balaban J connectivity index is 2.08. The summed E-state index contributed by atoms with van der Waals surface area (Å²) in [4.78, 5) is 0. The summed E-state index contributed by atoms with van der Waals surface area (Å²) in [5, 5.41) is 3.66. The molecule has 1 nitrogen and oxygen atoms in total. The molecule has 0 saturated heterocycles. The molecule has 0 amide bonds. The predicted octanol–water partition coefficient (Wildman–Crippen LogP) is 5.17. The van der Waals surface area contributed by atoms with Crippen LogP contribution in [0.4, 0.5) is 0 Å². The third kappa shape index (κ3) is 3.68. The van der Waals surface area contributed by atoms with Gasteiger partial charge in [-0.2, -0.15) is 0 Å². The quantitative estimate of drug-likeness (QED) is 0.820. The predicted molar refractivity (Wildman–Crippen MR) is 85.3 cm³/mol. The second kappa shape index (κ2) is 6.36. The molecular formula is C17H20BrN. The Morgan fingerprint density at radius 1 is 0.895 bits per heavy atom.